The van der Waals surface area contributed by atoms with Crippen molar-refractivity contribution in [1.82, 2.24) is 15.1 Å². The minimum absolute atomic E-state index is 0.0951. The van der Waals surface area contributed by atoms with E-state index in [1.807, 2.05) is 24.3 Å². The highest BCUT2D eigenvalue weighted by Crippen LogP contribution is 2.30. The molecule has 0 saturated carbocycles. The van der Waals surface area contributed by atoms with E-state index in [0.717, 1.165) is 16.5 Å². The number of anilines is 1. The fourth-order valence-electron chi connectivity index (χ4n) is 2.93. The summed E-state index contributed by atoms with van der Waals surface area (Å²) < 4.78 is 0.947. The molecule has 0 aliphatic carbocycles. The Morgan fingerprint density at radius 3 is 2.89 bits per heavy atom. The van der Waals surface area contributed by atoms with E-state index in [1.165, 1.54) is 11.3 Å². The molecule has 6 nitrogen and oxygen atoms in total. The molecule has 1 atom stereocenters. The zero-order valence-electron chi connectivity index (χ0n) is 15.0. The van der Waals surface area contributed by atoms with Crippen molar-refractivity contribution in [2.24, 2.45) is 5.41 Å². The minimum Gasteiger partial charge on any atom is -0.330 e. The number of aromatic nitrogens is 2. The molecule has 1 aromatic heterocycles. The zero-order chi connectivity index (χ0) is 19.6. The molecular formula is C18H20BrClN4O2S. The molecule has 0 bridgehead atoms. The highest BCUT2D eigenvalue weighted by Gasteiger charge is 2.40. The molecule has 1 N–H and O–H groups in total. The summed E-state index contributed by atoms with van der Waals surface area (Å²) in [6.45, 7) is 4.16. The van der Waals surface area contributed by atoms with E-state index in [4.69, 9.17) is 11.6 Å². The molecule has 144 valence electrons. The van der Waals surface area contributed by atoms with Crippen LogP contribution in [0, 0.1) is 5.41 Å². The Labute approximate surface area is 175 Å². The number of carbonyl (C=O) groups is 2. The van der Waals surface area contributed by atoms with Gasteiger partial charge < -0.3 is 4.90 Å². The fourth-order valence-corrected chi connectivity index (χ4v) is 4.19. The Morgan fingerprint density at radius 2 is 2.19 bits per heavy atom. The lowest BCUT2D eigenvalue weighted by Gasteiger charge is -2.31. The van der Waals surface area contributed by atoms with Crippen molar-refractivity contribution in [2.75, 3.05) is 17.7 Å². The minimum atomic E-state index is -0.693. The van der Waals surface area contributed by atoms with Crippen molar-refractivity contribution in [2.45, 2.75) is 32.7 Å². The molecule has 1 aromatic carbocycles. The fraction of sp³-hybridized carbons (Fsp3) is 0.444. The van der Waals surface area contributed by atoms with E-state index < -0.39 is 11.5 Å². The summed E-state index contributed by atoms with van der Waals surface area (Å²) in [6.07, 6.45) is 1.43. The third-order valence-electron chi connectivity index (χ3n) is 4.46. The average Bonchev–Trinajstić information content (AvgIpc) is 3.30. The maximum absolute atomic E-state index is 12.7. The van der Waals surface area contributed by atoms with Crippen LogP contribution in [-0.4, -0.2) is 45.4 Å². The lowest BCUT2D eigenvalue weighted by Crippen LogP contribution is -2.48. The molecule has 2 amide bonds. The second-order valence-electron chi connectivity index (χ2n) is 7.09. The van der Waals surface area contributed by atoms with Gasteiger partial charge in [0, 0.05) is 22.5 Å². The van der Waals surface area contributed by atoms with Crippen molar-refractivity contribution < 1.29 is 9.59 Å². The van der Waals surface area contributed by atoms with Crippen molar-refractivity contribution in [1.29, 1.82) is 0 Å². The van der Waals surface area contributed by atoms with Gasteiger partial charge in [-0.2, -0.15) is 0 Å². The predicted octanol–water partition coefficient (Wildman–Crippen LogP) is 4.16. The first-order valence-electron chi connectivity index (χ1n) is 8.59. The van der Waals surface area contributed by atoms with Gasteiger partial charge in [-0.3, -0.25) is 14.9 Å². The third-order valence-corrected chi connectivity index (χ3v) is 6.51. The molecule has 1 saturated heterocycles. The van der Waals surface area contributed by atoms with Gasteiger partial charge in [-0.15, -0.1) is 21.8 Å². The lowest BCUT2D eigenvalue weighted by atomic mass is 9.94. The largest absolute Gasteiger partial charge is 0.330 e. The van der Waals surface area contributed by atoms with Gasteiger partial charge in [0.15, 0.2) is 0 Å². The first-order chi connectivity index (χ1) is 12.8. The molecule has 2 aromatic rings. The number of carbonyl (C=O) groups excluding carboxylic acids is 2. The lowest BCUT2D eigenvalue weighted by molar-refractivity contribution is -0.143. The Morgan fingerprint density at radius 1 is 1.41 bits per heavy atom. The normalized spacial score (nSPS) is 17.2. The number of hydrogen-bond acceptors (Lipinski definition) is 5. The third kappa shape index (κ3) is 4.50. The van der Waals surface area contributed by atoms with Gasteiger partial charge in [-0.05, 0) is 38.8 Å². The number of likely N-dealkylation sites (tertiary alicyclic amines) is 1. The Balaban J connectivity index is 1.71. The van der Waals surface area contributed by atoms with Gasteiger partial charge in [0.25, 0.3) is 0 Å². The Bertz CT molecular complexity index is 857. The van der Waals surface area contributed by atoms with Crippen molar-refractivity contribution in [3.05, 3.63) is 28.7 Å². The second-order valence-corrected chi connectivity index (χ2v) is 9.25. The molecule has 0 spiro atoms. The molecule has 1 aliphatic rings. The van der Waals surface area contributed by atoms with Gasteiger partial charge >= 0.3 is 0 Å². The number of halogens is 2. The summed E-state index contributed by atoms with van der Waals surface area (Å²) in [7, 11) is 0. The highest BCUT2D eigenvalue weighted by atomic mass is 79.9. The summed E-state index contributed by atoms with van der Waals surface area (Å²) in [5, 5.41) is 12.2. The molecule has 0 radical (unpaired) electrons. The maximum Gasteiger partial charge on any atom is 0.249 e. The van der Waals surface area contributed by atoms with E-state index in [0.29, 0.717) is 23.1 Å². The molecule has 2 heterocycles. The van der Waals surface area contributed by atoms with Crippen LogP contribution in [-0.2, 0) is 9.59 Å². The summed E-state index contributed by atoms with van der Waals surface area (Å²) >= 11 is 10.7. The number of alkyl halides is 1. The monoisotopic (exact) mass is 470 g/mol. The van der Waals surface area contributed by atoms with Crippen molar-refractivity contribution in [3.63, 3.8) is 0 Å². The van der Waals surface area contributed by atoms with Gasteiger partial charge in [-0.1, -0.05) is 39.4 Å². The summed E-state index contributed by atoms with van der Waals surface area (Å²) in [5.41, 5.74) is 0.227. The van der Waals surface area contributed by atoms with Crippen LogP contribution >= 0.6 is 38.9 Å². The maximum atomic E-state index is 12.7. The van der Waals surface area contributed by atoms with Crippen LogP contribution in [0.2, 0.25) is 0 Å². The van der Waals surface area contributed by atoms with Gasteiger partial charge in [0.05, 0.1) is 5.41 Å². The second kappa shape index (κ2) is 8.24. The van der Waals surface area contributed by atoms with Gasteiger partial charge in [0.2, 0.25) is 16.9 Å². The van der Waals surface area contributed by atoms with E-state index >= 15 is 0 Å². The van der Waals surface area contributed by atoms with Crippen molar-refractivity contribution >= 4 is 55.8 Å². The van der Waals surface area contributed by atoms with Crippen LogP contribution in [0.25, 0.3) is 10.6 Å². The van der Waals surface area contributed by atoms with E-state index in [-0.39, 0.29) is 17.7 Å². The molecule has 1 aliphatic heterocycles. The molecule has 1 unspecified atom stereocenters. The van der Waals surface area contributed by atoms with E-state index in [9.17, 15) is 9.59 Å². The first-order valence-corrected chi connectivity index (χ1v) is 10.7. The van der Waals surface area contributed by atoms with Crippen LogP contribution < -0.4 is 5.32 Å². The van der Waals surface area contributed by atoms with Gasteiger partial charge in [0.1, 0.15) is 11.0 Å². The molecule has 3 rings (SSSR count). The van der Waals surface area contributed by atoms with Crippen LogP contribution in [0.1, 0.15) is 26.7 Å². The quantitative estimate of drug-likeness (QED) is 0.664. The first kappa shape index (κ1) is 20.2. The topological polar surface area (TPSA) is 75.2 Å². The smallest absolute Gasteiger partial charge is 0.249 e. The number of nitrogens with one attached hydrogen (secondary N) is 1. The standard InChI is InChI=1S/C18H20BrClN4O2S/c1-18(2,10-20)16(26)24-8-4-7-13(24)14(25)21-17-23-22-15(27-17)11-5-3-6-12(19)9-11/h3,5-6,9,13H,4,7-8,10H2,1-2H3,(H,21,23,25). The van der Waals surface area contributed by atoms with Crippen molar-refractivity contribution in [3.8, 4) is 10.6 Å². The summed E-state index contributed by atoms with van der Waals surface area (Å²) in [6, 6.07) is 7.22. The molecular weight excluding hydrogens is 452 g/mol. The number of amides is 2. The summed E-state index contributed by atoms with van der Waals surface area (Å²) in [5.74, 6) is -0.117. The van der Waals surface area contributed by atoms with E-state index in [2.05, 4.69) is 31.4 Å². The van der Waals surface area contributed by atoms with Crippen LogP contribution in [0.4, 0.5) is 5.13 Å². The van der Waals surface area contributed by atoms with Crippen LogP contribution in [0.3, 0.4) is 0 Å². The number of benzene rings is 1. The van der Waals surface area contributed by atoms with Crippen LogP contribution in [0.15, 0.2) is 28.7 Å². The van der Waals surface area contributed by atoms with Crippen LogP contribution in [0.5, 0.6) is 0 Å². The molecule has 9 heteroatoms. The average molecular weight is 472 g/mol. The zero-order valence-corrected chi connectivity index (χ0v) is 18.2. The summed E-state index contributed by atoms with van der Waals surface area (Å²) in [4.78, 5) is 27.1. The Hall–Kier alpha value is -1.51. The highest BCUT2D eigenvalue weighted by molar-refractivity contribution is 9.10. The molecule has 27 heavy (non-hydrogen) atoms. The number of rotatable bonds is 5. The number of nitrogens with zero attached hydrogens (tertiary/aromatic N) is 3. The van der Waals surface area contributed by atoms with Gasteiger partial charge in [-0.25, -0.2) is 0 Å². The molecule has 1 fully saturated rings. The predicted molar refractivity (Wildman–Crippen MR) is 111 cm³/mol. The van der Waals surface area contributed by atoms with E-state index in [1.54, 1.807) is 18.7 Å². The SMILES string of the molecule is CC(C)(CCl)C(=O)N1CCCC1C(=O)Nc1nnc(-c2cccc(Br)c2)s1. The Kier molecular flexibility index (Phi) is 6.18. The number of hydrogen-bond donors (Lipinski definition) is 1.